The number of hydrogen-bond donors (Lipinski definition) is 0. The molecule has 1 atom stereocenters. The van der Waals surface area contributed by atoms with Crippen LogP contribution in [0.5, 0.6) is 0 Å². The minimum atomic E-state index is 0.0349. The molecule has 0 spiro atoms. The minimum Gasteiger partial charge on any atom is -0.388 e. The molecule has 1 unspecified atom stereocenters. The van der Waals surface area contributed by atoms with Gasteiger partial charge in [0.2, 0.25) is 0 Å². The topological polar surface area (TPSA) is 45.4 Å². The van der Waals surface area contributed by atoms with Crippen LogP contribution in [0.2, 0.25) is 0 Å². The van der Waals surface area contributed by atoms with E-state index >= 15 is 0 Å². The van der Waals surface area contributed by atoms with Crippen molar-refractivity contribution < 1.29 is 4.84 Å². The molecule has 0 saturated heterocycles. The van der Waals surface area contributed by atoms with Gasteiger partial charge < -0.3 is 4.84 Å². The lowest BCUT2D eigenvalue weighted by Gasteiger charge is -2.07. The average molecular weight is 172 g/mol. The summed E-state index contributed by atoms with van der Waals surface area (Å²) in [4.78, 5) is 5.10. The third kappa shape index (κ3) is 1.52. The molecule has 0 fully saturated rings. The number of hydrogen-bond acceptors (Lipinski definition) is 3. The van der Waals surface area contributed by atoms with Crippen molar-refractivity contribution in [2.45, 2.75) is 12.5 Å². The monoisotopic (exact) mass is 172 g/mol. The zero-order valence-electron chi connectivity index (χ0n) is 6.97. The Balaban J connectivity index is 2.19. The van der Waals surface area contributed by atoms with Crippen molar-refractivity contribution in [2.75, 3.05) is 0 Å². The van der Waals surface area contributed by atoms with Crippen LogP contribution in [0.1, 0.15) is 23.7 Å². The second-order valence-corrected chi connectivity index (χ2v) is 2.85. The predicted molar refractivity (Wildman–Crippen MR) is 48.1 cm³/mol. The molecule has 3 nitrogen and oxygen atoms in total. The number of nitrogens with zero attached hydrogens (tertiary/aromatic N) is 2. The molecule has 64 valence electrons. The fourth-order valence-corrected chi connectivity index (χ4v) is 1.27. The lowest BCUT2D eigenvalue weighted by Crippen LogP contribution is -1.95. The summed E-state index contributed by atoms with van der Waals surface area (Å²) in [5, 5.41) is 12.3. The normalized spacial score (nSPS) is 19.5. The van der Waals surface area contributed by atoms with Crippen LogP contribution in [0.15, 0.2) is 29.4 Å². The molecule has 0 bridgehead atoms. The van der Waals surface area contributed by atoms with E-state index in [2.05, 4.69) is 11.2 Å². The van der Waals surface area contributed by atoms with Gasteiger partial charge >= 0.3 is 0 Å². The van der Waals surface area contributed by atoms with Gasteiger partial charge in [-0.3, -0.25) is 0 Å². The summed E-state index contributed by atoms with van der Waals surface area (Å²) >= 11 is 0. The molecule has 13 heavy (non-hydrogen) atoms. The van der Waals surface area contributed by atoms with Crippen molar-refractivity contribution in [1.29, 1.82) is 5.26 Å². The lowest BCUT2D eigenvalue weighted by atomic mass is 10.1. The molecule has 1 aliphatic rings. The van der Waals surface area contributed by atoms with Crippen molar-refractivity contribution in [2.24, 2.45) is 5.16 Å². The molecule has 0 amide bonds. The summed E-state index contributed by atoms with van der Waals surface area (Å²) in [5.74, 6) is 0. The van der Waals surface area contributed by atoms with Crippen LogP contribution in [-0.2, 0) is 4.84 Å². The maximum Gasteiger partial charge on any atom is 0.157 e. The molecule has 0 radical (unpaired) electrons. The van der Waals surface area contributed by atoms with E-state index in [1.807, 2.05) is 12.1 Å². The van der Waals surface area contributed by atoms with Crippen LogP contribution in [0.25, 0.3) is 0 Å². The quantitative estimate of drug-likeness (QED) is 0.650. The molecular weight excluding hydrogens is 164 g/mol. The third-order valence-corrected chi connectivity index (χ3v) is 1.99. The van der Waals surface area contributed by atoms with Gasteiger partial charge in [0.15, 0.2) is 6.10 Å². The van der Waals surface area contributed by atoms with Gasteiger partial charge in [-0.15, -0.1) is 0 Å². The Kier molecular flexibility index (Phi) is 1.97. The second-order valence-electron chi connectivity index (χ2n) is 2.85. The van der Waals surface area contributed by atoms with E-state index in [4.69, 9.17) is 10.1 Å². The standard InChI is InChI=1S/C10H8N2O/c11-7-8-1-3-9(4-2-8)10-5-6-12-13-10/h1-4,6,10H,5H2. The highest BCUT2D eigenvalue weighted by atomic mass is 16.6. The Morgan fingerprint density at radius 2 is 2.15 bits per heavy atom. The lowest BCUT2D eigenvalue weighted by molar-refractivity contribution is 0.0858. The largest absolute Gasteiger partial charge is 0.388 e. The van der Waals surface area contributed by atoms with Gasteiger partial charge in [0.05, 0.1) is 11.6 Å². The fraction of sp³-hybridized carbons (Fsp3) is 0.200. The summed E-state index contributed by atoms with van der Waals surface area (Å²) in [6.07, 6.45) is 2.60. The Labute approximate surface area is 76.2 Å². The Morgan fingerprint density at radius 1 is 1.38 bits per heavy atom. The summed E-state index contributed by atoms with van der Waals surface area (Å²) in [7, 11) is 0. The Morgan fingerprint density at radius 3 is 2.69 bits per heavy atom. The second kappa shape index (κ2) is 3.28. The van der Waals surface area contributed by atoms with E-state index in [9.17, 15) is 0 Å². The van der Waals surface area contributed by atoms with Crippen LogP contribution < -0.4 is 0 Å². The summed E-state index contributed by atoms with van der Waals surface area (Å²) < 4.78 is 0. The summed E-state index contributed by atoms with van der Waals surface area (Å²) in [6, 6.07) is 9.45. The van der Waals surface area contributed by atoms with Crippen LogP contribution >= 0.6 is 0 Å². The van der Waals surface area contributed by atoms with Gasteiger partial charge in [-0.2, -0.15) is 5.26 Å². The first-order valence-corrected chi connectivity index (χ1v) is 4.08. The smallest absolute Gasteiger partial charge is 0.157 e. The number of nitriles is 1. The highest BCUT2D eigenvalue weighted by Crippen LogP contribution is 2.24. The molecule has 1 aromatic rings. The highest BCUT2D eigenvalue weighted by Gasteiger charge is 2.15. The van der Waals surface area contributed by atoms with E-state index in [0.717, 1.165) is 12.0 Å². The van der Waals surface area contributed by atoms with Gasteiger partial charge in [0.1, 0.15) is 0 Å². The third-order valence-electron chi connectivity index (χ3n) is 1.99. The van der Waals surface area contributed by atoms with E-state index in [1.165, 1.54) is 0 Å². The number of oxime groups is 1. The van der Waals surface area contributed by atoms with Gasteiger partial charge in [0.25, 0.3) is 0 Å². The fourth-order valence-electron chi connectivity index (χ4n) is 1.27. The molecule has 2 rings (SSSR count). The summed E-state index contributed by atoms with van der Waals surface area (Å²) in [6.45, 7) is 0. The molecule has 0 aromatic heterocycles. The molecule has 3 heteroatoms. The molecule has 0 aliphatic carbocycles. The van der Waals surface area contributed by atoms with E-state index in [1.54, 1.807) is 18.3 Å². The first kappa shape index (κ1) is 7.81. The van der Waals surface area contributed by atoms with Gasteiger partial charge in [-0.1, -0.05) is 17.3 Å². The van der Waals surface area contributed by atoms with E-state index in [0.29, 0.717) is 5.56 Å². The number of benzene rings is 1. The first-order chi connectivity index (χ1) is 6.40. The van der Waals surface area contributed by atoms with Crippen molar-refractivity contribution in [1.82, 2.24) is 0 Å². The maximum atomic E-state index is 8.59. The first-order valence-electron chi connectivity index (χ1n) is 4.08. The van der Waals surface area contributed by atoms with Crippen LogP contribution in [0.4, 0.5) is 0 Å². The zero-order valence-corrected chi connectivity index (χ0v) is 6.97. The molecule has 1 aliphatic heterocycles. The molecule has 0 saturated carbocycles. The Bertz CT molecular complexity index is 354. The van der Waals surface area contributed by atoms with Crippen LogP contribution in [0.3, 0.4) is 0 Å². The maximum absolute atomic E-state index is 8.59. The molecule has 0 N–H and O–H groups in total. The zero-order chi connectivity index (χ0) is 9.10. The van der Waals surface area contributed by atoms with Crippen LogP contribution in [-0.4, -0.2) is 6.21 Å². The SMILES string of the molecule is N#Cc1ccc(C2CC=NO2)cc1. The Hall–Kier alpha value is -1.82. The predicted octanol–water partition coefficient (Wildman–Crippen LogP) is 2.01. The van der Waals surface area contributed by atoms with Crippen molar-refractivity contribution >= 4 is 6.21 Å². The van der Waals surface area contributed by atoms with Crippen LogP contribution in [0, 0.1) is 11.3 Å². The van der Waals surface area contributed by atoms with Gasteiger partial charge in [-0.05, 0) is 17.7 Å². The van der Waals surface area contributed by atoms with Gasteiger partial charge in [-0.25, -0.2) is 0 Å². The molecular formula is C10H8N2O. The van der Waals surface area contributed by atoms with E-state index in [-0.39, 0.29) is 6.10 Å². The highest BCUT2D eigenvalue weighted by molar-refractivity contribution is 5.59. The molecule has 1 aromatic carbocycles. The minimum absolute atomic E-state index is 0.0349. The van der Waals surface area contributed by atoms with Crippen molar-refractivity contribution in [3.63, 3.8) is 0 Å². The van der Waals surface area contributed by atoms with Crippen molar-refractivity contribution in [3.05, 3.63) is 35.4 Å². The average Bonchev–Trinajstić information content (AvgIpc) is 2.71. The van der Waals surface area contributed by atoms with Gasteiger partial charge in [0, 0.05) is 12.6 Å². The van der Waals surface area contributed by atoms with Crippen molar-refractivity contribution in [3.8, 4) is 6.07 Å². The number of rotatable bonds is 1. The molecule has 1 heterocycles. The van der Waals surface area contributed by atoms with E-state index < -0.39 is 0 Å². The summed E-state index contributed by atoms with van der Waals surface area (Å²) in [5.41, 5.74) is 1.74.